The van der Waals surface area contributed by atoms with E-state index in [2.05, 4.69) is 74.4 Å². The first-order valence-corrected chi connectivity index (χ1v) is 8.78. The maximum absolute atomic E-state index is 3.63. The van der Waals surface area contributed by atoms with Crippen molar-refractivity contribution < 1.29 is 0 Å². The van der Waals surface area contributed by atoms with E-state index < -0.39 is 0 Å². The van der Waals surface area contributed by atoms with Gasteiger partial charge in [-0.2, -0.15) is 0 Å². The third kappa shape index (κ3) is 3.69. The summed E-state index contributed by atoms with van der Waals surface area (Å²) < 4.78 is 2.25. The predicted octanol–water partition coefficient (Wildman–Crippen LogP) is 6.00. The van der Waals surface area contributed by atoms with Crippen molar-refractivity contribution in [3.63, 3.8) is 0 Å². The molecule has 0 aliphatic rings. The molecule has 2 aromatic rings. The maximum atomic E-state index is 3.63. The molecule has 0 saturated carbocycles. The largest absolute Gasteiger partial charge is 0.312 e. The summed E-state index contributed by atoms with van der Waals surface area (Å²) in [4.78, 5) is 2.71. The molecule has 0 spiro atoms. The van der Waals surface area contributed by atoms with Gasteiger partial charge in [-0.15, -0.1) is 11.3 Å². The van der Waals surface area contributed by atoms with Crippen molar-refractivity contribution in [2.24, 2.45) is 0 Å². The molecular weight excluding hydrogens is 386 g/mol. The van der Waals surface area contributed by atoms with E-state index in [9.17, 15) is 0 Å². The van der Waals surface area contributed by atoms with Crippen LogP contribution in [0.2, 0.25) is 0 Å². The predicted molar refractivity (Wildman–Crippen MR) is 91.9 cm³/mol. The minimum atomic E-state index is 0.467. The van der Waals surface area contributed by atoms with Gasteiger partial charge in [0.25, 0.3) is 0 Å². The summed E-state index contributed by atoms with van der Waals surface area (Å²) in [6, 6.07) is 11.2. The van der Waals surface area contributed by atoms with Crippen LogP contribution >= 0.6 is 43.2 Å². The third-order valence-electron chi connectivity index (χ3n) is 3.09. The van der Waals surface area contributed by atoms with E-state index in [0.29, 0.717) is 6.04 Å². The lowest BCUT2D eigenvalue weighted by atomic mass is 10.1. The zero-order valence-corrected chi connectivity index (χ0v) is 15.0. The Morgan fingerprint density at radius 3 is 2.68 bits per heavy atom. The number of benzene rings is 1. The van der Waals surface area contributed by atoms with Crippen molar-refractivity contribution in [3.8, 4) is 10.4 Å². The van der Waals surface area contributed by atoms with Crippen molar-refractivity contribution in [3.05, 3.63) is 44.2 Å². The number of hydrogen-bond acceptors (Lipinski definition) is 2. The van der Waals surface area contributed by atoms with Crippen molar-refractivity contribution >= 4 is 43.2 Å². The highest BCUT2D eigenvalue weighted by molar-refractivity contribution is 9.11. The number of nitrogens with one attached hydrogen (secondary N) is 1. The fraction of sp³-hybridized carbons (Fsp3) is 0.333. The fourth-order valence-electron chi connectivity index (χ4n) is 2.09. The van der Waals surface area contributed by atoms with Gasteiger partial charge in [0.15, 0.2) is 0 Å². The van der Waals surface area contributed by atoms with Crippen LogP contribution in [-0.2, 0) is 0 Å². The molecule has 0 aliphatic carbocycles. The Balaban J connectivity index is 2.32. The summed E-state index contributed by atoms with van der Waals surface area (Å²) in [5, 5.41) is 3.40. The third-order valence-corrected chi connectivity index (χ3v) is 5.51. The molecule has 1 aromatic carbocycles. The van der Waals surface area contributed by atoms with Gasteiger partial charge < -0.3 is 5.32 Å². The molecule has 0 saturated heterocycles. The van der Waals surface area contributed by atoms with Gasteiger partial charge in [-0.1, -0.05) is 45.2 Å². The molecule has 1 unspecified atom stereocenters. The highest BCUT2D eigenvalue weighted by Crippen LogP contribution is 2.37. The quantitative estimate of drug-likeness (QED) is 0.646. The lowest BCUT2D eigenvalue weighted by Gasteiger charge is -2.12. The van der Waals surface area contributed by atoms with Crippen LogP contribution in [0.1, 0.15) is 30.7 Å². The summed E-state index contributed by atoms with van der Waals surface area (Å²) in [6.07, 6.45) is 2.37. The lowest BCUT2D eigenvalue weighted by Crippen LogP contribution is -2.14. The molecule has 0 amide bonds. The summed E-state index contributed by atoms with van der Waals surface area (Å²) in [7, 11) is 2.04. The highest BCUT2D eigenvalue weighted by atomic mass is 79.9. The van der Waals surface area contributed by atoms with Gasteiger partial charge in [0.1, 0.15) is 0 Å². The van der Waals surface area contributed by atoms with Crippen LogP contribution < -0.4 is 5.32 Å². The Kier molecular flexibility index (Phi) is 5.63. The molecule has 1 heterocycles. The van der Waals surface area contributed by atoms with Crippen LogP contribution in [0.5, 0.6) is 0 Å². The second kappa shape index (κ2) is 7.02. The molecule has 1 aromatic heterocycles. The summed E-state index contributed by atoms with van der Waals surface area (Å²) >= 11 is 9.04. The van der Waals surface area contributed by atoms with Gasteiger partial charge in [-0.3, -0.25) is 0 Å². The first-order valence-electron chi connectivity index (χ1n) is 6.38. The van der Waals surface area contributed by atoms with Crippen LogP contribution in [0.15, 0.2) is 39.3 Å². The SMILES string of the molecule is CCCC(NC)c1ccc(-c2cc(Br)ccc2Br)s1. The molecule has 0 aliphatic heterocycles. The standard InChI is InChI=1S/C15H17Br2NS/c1-3-4-13(18-2)15-8-7-14(19-15)11-9-10(16)5-6-12(11)17/h5-9,13,18H,3-4H2,1-2H3. The summed E-state index contributed by atoms with van der Waals surface area (Å²) in [5.74, 6) is 0. The molecule has 0 radical (unpaired) electrons. The average Bonchev–Trinajstić information content (AvgIpc) is 2.88. The van der Waals surface area contributed by atoms with Crippen LogP contribution in [0, 0.1) is 0 Å². The fourth-order valence-corrected chi connectivity index (χ4v) is 4.22. The van der Waals surface area contributed by atoms with Crippen molar-refractivity contribution in [1.82, 2.24) is 5.32 Å². The summed E-state index contributed by atoms with van der Waals surface area (Å²) in [6.45, 7) is 2.23. The lowest BCUT2D eigenvalue weighted by molar-refractivity contribution is 0.550. The Bertz CT molecular complexity index is 551. The normalized spacial score (nSPS) is 12.6. The number of rotatable bonds is 5. The van der Waals surface area contributed by atoms with E-state index in [1.54, 1.807) is 0 Å². The molecule has 102 valence electrons. The van der Waals surface area contributed by atoms with Gasteiger partial charge in [-0.25, -0.2) is 0 Å². The molecule has 19 heavy (non-hydrogen) atoms. The van der Waals surface area contributed by atoms with E-state index in [-0.39, 0.29) is 0 Å². The minimum absolute atomic E-state index is 0.467. The van der Waals surface area contributed by atoms with Gasteiger partial charge in [-0.05, 0) is 43.8 Å². The molecule has 0 fully saturated rings. The first kappa shape index (κ1) is 15.2. The molecule has 1 atom stereocenters. The Morgan fingerprint density at radius 2 is 2.00 bits per heavy atom. The Morgan fingerprint density at radius 1 is 1.21 bits per heavy atom. The minimum Gasteiger partial charge on any atom is -0.312 e. The Hall–Kier alpha value is -0.160. The van der Waals surface area contributed by atoms with E-state index in [1.807, 2.05) is 18.4 Å². The van der Waals surface area contributed by atoms with E-state index in [4.69, 9.17) is 0 Å². The smallest absolute Gasteiger partial charge is 0.0412 e. The molecule has 4 heteroatoms. The van der Waals surface area contributed by atoms with Gasteiger partial charge in [0.05, 0.1) is 0 Å². The summed E-state index contributed by atoms with van der Waals surface area (Å²) in [5.41, 5.74) is 1.25. The van der Waals surface area contributed by atoms with Crippen molar-refractivity contribution in [1.29, 1.82) is 0 Å². The van der Waals surface area contributed by atoms with Gasteiger partial charge in [0, 0.05) is 30.3 Å². The second-order valence-corrected chi connectivity index (χ2v) is 7.34. The molecular formula is C15H17Br2NS. The van der Waals surface area contributed by atoms with E-state index in [0.717, 1.165) is 8.95 Å². The zero-order chi connectivity index (χ0) is 13.8. The van der Waals surface area contributed by atoms with Crippen LogP contribution in [0.25, 0.3) is 10.4 Å². The maximum Gasteiger partial charge on any atom is 0.0412 e. The van der Waals surface area contributed by atoms with Crippen LogP contribution in [0.3, 0.4) is 0 Å². The van der Waals surface area contributed by atoms with Crippen molar-refractivity contribution in [2.45, 2.75) is 25.8 Å². The van der Waals surface area contributed by atoms with E-state index >= 15 is 0 Å². The molecule has 1 nitrogen and oxygen atoms in total. The second-order valence-electron chi connectivity index (χ2n) is 4.46. The topological polar surface area (TPSA) is 12.0 Å². The van der Waals surface area contributed by atoms with Gasteiger partial charge in [0.2, 0.25) is 0 Å². The van der Waals surface area contributed by atoms with Crippen LogP contribution in [-0.4, -0.2) is 7.05 Å². The monoisotopic (exact) mass is 401 g/mol. The number of halogens is 2. The molecule has 0 bridgehead atoms. The highest BCUT2D eigenvalue weighted by Gasteiger charge is 2.13. The van der Waals surface area contributed by atoms with Crippen molar-refractivity contribution in [2.75, 3.05) is 7.05 Å². The van der Waals surface area contributed by atoms with E-state index in [1.165, 1.54) is 28.2 Å². The first-order chi connectivity index (χ1) is 9.15. The zero-order valence-electron chi connectivity index (χ0n) is 11.0. The van der Waals surface area contributed by atoms with Crippen LogP contribution in [0.4, 0.5) is 0 Å². The Labute approximate surface area is 135 Å². The number of thiophene rings is 1. The van der Waals surface area contributed by atoms with Gasteiger partial charge >= 0.3 is 0 Å². The number of hydrogen-bond donors (Lipinski definition) is 1. The molecule has 2 rings (SSSR count). The average molecular weight is 403 g/mol. The molecule has 1 N–H and O–H groups in total.